The number of hydrogen-bond donors (Lipinski definition) is 0. The summed E-state index contributed by atoms with van der Waals surface area (Å²) >= 11 is 0. The van der Waals surface area contributed by atoms with E-state index in [1.54, 1.807) is 0 Å². The molecule has 0 radical (unpaired) electrons. The summed E-state index contributed by atoms with van der Waals surface area (Å²) in [5.41, 5.74) is 17.3. The molecular weight excluding hydrogens is 881 g/mol. The van der Waals surface area contributed by atoms with E-state index in [0.717, 1.165) is 78.0 Å². The second-order valence-corrected chi connectivity index (χ2v) is 19.3. The molecule has 0 fully saturated rings. The third-order valence-electron chi connectivity index (χ3n) is 15.5. The van der Waals surface area contributed by atoms with Crippen molar-refractivity contribution in [1.82, 2.24) is 8.80 Å². The lowest BCUT2D eigenvalue weighted by atomic mass is 10.0. The zero-order chi connectivity index (χ0) is 46.8. The fourth-order valence-electron chi connectivity index (χ4n) is 12.5. The number of anilines is 6. The Morgan fingerprint density at radius 3 is 1.03 bits per heavy atom. The molecule has 72 heavy (non-hydrogen) atoms. The van der Waals surface area contributed by atoms with Crippen LogP contribution >= 0.6 is 0 Å². The van der Waals surface area contributed by atoms with Crippen LogP contribution in [0.25, 0.3) is 120 Å². The lowest BCUT2D eigenvalue weighted by Crippen LogP contribution is -2.09. The molecule has 0 aliphatic heterocycles. The van der Waals surface area contributed by atoms with Gasteiger partial charge in [0.05, 0.1) is 33.1 Å². The highest BCUT2D eigenvalue weighted by Crippen LogP contribution is 2.48. The number of hydrogen-bond acceptors (Lipinski definition) is 4. The van der Waals surface area contributed by atoms with E-state index in [0.29, 0.717) is 0 Å². The van der Waals surface area contributed by atoms with Crippen LogP contribution in [0.4, 0.5) is 34.1 Å². The molecule has 334 valence electrons. The number of fused-ring (bicyclic) bond motifs is 18. The summed E-state index contributed by atoms with van der Waals surface area (Å²) in [7, 11) is 0. The van der Waals surface area contributed by atoms with Gasteiger partial charge in [-0.1, -0.05) is 121 Å². The molecule has 0 unspecified atom stereocenters. The average Bonchev–Trinajstić information content (AvgIpc) is 4.28. The van der Waals surface area contributed by atoms with Gasteiger partial charge in [-0.3, -0.25) is 0 Å². The van der Waals surface area contributed by atoms with Gasteiger partial charge in [0.25, 0.3) is 0 Å². The standard InChI is InChI=1S/C66H38N4O2/c1-3-13-39(14-4-1)67(41-27-31-63-55(33-41)47-17-7-9-23-61(47)71-63)43-25-29-45-49-19-11-21-51-53-38-60-54(37-59(53)69(65(49)51)57(45)35-43)52-22-12-20-50-46-30-26-44(36-58(46)70(60)66(50)52)68(40-15-5-2-6-16-40)42-28-32-64-56(34-42)48-18-8-10-24-62(48)72-64/h1-38H. The number of furan rings is 2. The van der Waals surface area contributed by atoms with E-state index in [1.807, 2.05) is 24.3 Å². The van der Waals surface area contributed by atoms with E-state index in [9.17, 15) is 0 Å². The fraction of sp³-hybridized carbons (Fsp3) is 0. The molecule has 0 spiro atoms. The molecule has 0 aliphatic rings. The second-order valence-electron chi connectivity index (χ2n) is 19.3. The maximum Gasteiger partial charge on any atom is 0.135 e. The van der Waals surface area contributed by atoms with Gasteiger partial charge in [-0.25, -0.2) is 0 Å². The minimum atomic E-state index is 0.883. The minimum absolute atomic E-state index is 0.883. The molecule has 0 saturated heterocycles. The SMILES string of the molecule is c1ccc(N(c2ccc3oc4ccccc4c3c2)c2ccc3c4cccc5c6cc7c(cc6n(c3c2)c45)c2cccc3c4ccc(N(c5ccccc5)c5ccc6oc8ccccc8c6c5)cc4n7c32)cc1. The minimum Gasteiger partial charge on any atom is -0.456 e. The summed E-state index contributed by atoms with van der Waals surface area (Å²) < 4.78 is 17.6. The number of rotatable bonds is 6. The molecule has 11 aromatic carbocycles. The van der Waals surface area contributed by atoms with Crippen LogP contribution in [0.15, 0.2) is 239 Å². The highest BCUT2D eigenvalue weighted by molar-refractivity contribution is 6.29. The van der Waals surface area contributed by atoms with E-state index in [4.69, 9.17) is 8.83 Å². The first-order valence-corrected chi connectivity index (χ1v) is 24.6. The van der Waals surface area contributed by atoms with Crippen LogP contribution in [0.3, 0.4) is 0 Å². The predicted molar refractivity (Wildman–Crippen MR) is 300 cm³/mol. The summed E-state index contributed by atoms with van der Waals surface area (Å²) in [6, 6.07) is 83.6. The van der Waals surface area contributed by atoms with Gasteiger partial charge in [0.15, 0.2) is 0 Å². The molecule has 6 heteroatoms. The molecule has 6 aromatic heterocycles. The van der Waals surface area contributed by atoms with Crippen molar-refractivity contribution in [3.8, 4) is 0 Å². The lowest BCUT2D eigenvalue weighted by Gasteiger charge is -2.25. The monoisotopic (exact) mass is 918 g/mol. The highest BCUT2D eigenvalue weighted by Gasteiger charge is 2.25. The van der Waals surface area contributed by atoms with Gasteiger partial charge in [-0.2, -0.15) is 0 Å². The largest absolute Gasteiger partial charge is 0.456 e. The number of nitrogens with zero attached hydrogens (tertiary/aromatic N) is 4. The third-order valence-corrected chi connectivity index (χ3v) is 15.5. The van der Waals surface area contributed by atoms with Crippen LogP contribution in [0.2, 0.25) is 0 Å². The Morgan fingerprint density at radius 2 is 0.569 bits per heavy atom. The van der Waals surface area contributed by atoms with E-state index < -0.39 is 0 Å². The van der Waals surface area contributed by atoms with Crippen LogP contribution in [-0.4, -0.2) is 8.80 Å². The van der Waals surface area contributed by atoms with E-state index in [1.165, 1.54) is 76.2 Å². The summed E-state index contributed by atoms with van der Waals surface area (Å²) in [6.45, 7) is 0. The van der Waals surface area contributed by atoms with Crippen LogP contribution in [0.1, 0.15) is 0 Å². The highest BCUT2D eigenvalue weighted by atomic mass is 16.3. The quantitative estimate of drug-likeness (QED) is 0.167. The Labute approximate surface area is 410 Å². The van der Waals surface area contributed by atoms with Crippen molar-refractivity contribution in [2.75, 3.05) is 9.80 Å². The van der Waals surface area contributed by atoms with Crippen LogP contribution in [0.5, 0.6) is 0 Å². The van der Waals surface area contributed by atoms with Gasteiger partial charge in [0.2, 0.25) is 0 Å². The second kappa shape index (κ2) is 13.9. The van der Waals surface area contributed by atoms with Gasteiger partial charge >= 0.3 is 0 Å². The zero-order valence-corrected chi connectivity index (χ0v) is 38.5. The van der Waals surface area contributed by atoms with Crippen molar-refractivity contribution in [2.45, 2.75) is 0 Å². The lowest BCUT2D eigenvalue weighted by molar-refractivity contribution is 0.668. The van der Waals surface area contributed by atoms with Crippen molar-refractivity contribution < 1.29 is 8.83 Å². The molecular formula is C66H38N4O2. The molecule has 0 bridgehead atoms. The maximum atomic E-state index is 6.29. The van der Waals surface area contributed by atoms with Crippen LogP contribution in [-0.2, 0) is 0 Å². The summed E-state index contributed by atoms with van der Waals surface area (Å²) in [5, 5.41) is 14.4. The Balaban J connectivity index is 0.889. The molecule has 0 atom stereocenters. The maximum absolute atomic E-state index is 6.29. The molecule has 17 rings (SSSR count). The summed E-state index contributed by atoms with van der Waals surface area (Å²) in [6.07, 6.45) is 0. The topological polar surface area (TPSA) is 41.6 Å². The fourth-order valence-corrected chi connectivity index (χ4v) is 12.5. The van der Waals surface area contributed by atoms with Gasteiger partial charge in [-0.05, 0) is 109 Å². The van der Waals surface area contributed by atoms with E-state index >= 15 is 0 Å². The molecule has 0 aliphatic carbocycles. The van der Waals surface area contributed by atoms with Crippen molar-refractivity contribution in [2.24, 2.45) is 0 Å². The molecule has 0 saturated carbocycles. The Bertz CT molecular complexity index is 4740. The summed E-state index contributed by atoms with van der Waals surface area (Å²) in [4.78, 5) is 4.74. The normalized spacial score (nSPS) is 12.4. The zero-order valence-electron chi connectivity index (χ0n) is 38.5. The molecule has 6 nitrogen and oxygen atoms in total. The average molecular weight is 919 g/mol. The molecule has 17 aromatic rings. The van der Waals surface area contributed by atoms with Crippen LogP contribution in [0, 0.1) is 0 Å². The van der Waals surface area contributed by atoms with Crippen molar-refractivity contribution >= 4 is 154 Å². The first-order chi connectivity index (χ1) is 35.7. The first kappa shape index (κ1) is 38.1. The Morgan fingerprint density at radius 1 is 0.222 bits per heavy atom. The van der Waals surface area contributed by atoms with Gasteiger partial charge < -0.3 is 27.4 Å². The molecule has 0 amide bonds. The Hall–Kier alpha value is -9.78. The van der Waals surface area contributed by atoms with Crippen LogP contribution < -0.4 is 9.80 Å². The smallest absolute Gasteiger partial charge is 0.135 e. The molecule has 0 N–H and O–H groups in total. The third kappa shape index (κ3) is 5.06. The van der Waals surface area contributed by atoms with Crippen molar-refractivity contribution in [3.63, 3.8) is 0 Å². The van der Waals surface area contributed by atoms with Crippen molar-refractivity contribution in [1.29, 1.82) is 0 Å². The van der Waals surface area contributed by atoms with Gasteiger partial charge in [-0.15, -0.1) is 0 Å². The molecule has 6 heterocycles. The van der Waals surface area contributed by atoms with Gasteiger partial charge in [0.1, 0.15) is 22.3 Å². The number of benzene rings is 11. The summed E-state index contributed by atoms with van der Waals surface area (Å²) in [5.74, 6) is 0. The van der Waals surface area contributed by atoms with E-state index in [-0.39, 0.29) is 0 Å². The van der Waals surface area contributed by atoms with Crippen molar-refractivity contribution in [3.05, 3.63) is 231 Å². The van der Waals surface area contributed by atoms with E-state index in [2.05, 4.69) is 225 Å². The number of aromatic nitrogens is 2. The first-order valence-electron chi connectivity index (χ1n) is 24.6. The predicted octanol–water partition coefficient (Wildman–Crippen LogP) is 18.7. The van der Waals surface area contributed by atoms with Gasteiger partial charge in [0, 0.05) is 98.8 Å². The Kier molecular flexibility index (Phi) is 7.38. The number of para-hydroxylation sites is 6.